The maximum atomic E-state index is 12.4. The molecule has 2 aromatic rings. The van der Waals surface area contributed by atoms with Crippen molar-refractivity contribution in [1.29, 1.82) is 0 Å². The van der Waals surface area contributed by atoms with Crippen LogP contribution < -0.4 is 5.32 Å². The van der Waals surface area contributed by atoms with E-state index < -0.39 is 0 Å². The van der Waals surface area contributed by atoms with Crippen LogP contribution in [0, 0.1) is 5.92 Å². The highest BCUT2D eigenvalue weighted by atomic mass is 35.5. The molecule has 1 aromatic heterocycles. The molecule has 1 aromatic carbocycles. The molecule has 2 atom stereocenters. The number of likely N-dealkylation sites (N-methyl/N-ethyl adjacent to an activating group) is 1. The van der Waals surface area contributed by atoms with Crippen LogP contribution in [0.5, 0.6) is 0 Å². The summed E-state index contributed by atoms with van der Waals surface area (Å²) in [4.78, 5) is 26.2. The van der Waals surface area contributed by atoms with Gasteiger partial charge in [0.25, 0.3) is 0 Å². The summed E-state index contributed by atoms with van der Waals surface area (Å²) in [5, 5.41) is 3.34. The summed E-state index contributed by atoms with van der Waals surface area (Å²) in [6.07, 6.45) is 4.19. The molecular formula is C21H22Cl2N2O3. The summed E-state index contributed by atoms with van der Waals surface area (Å²) in [6, 6.07) is 8.77. The normalized spacial score (nSPS) is 18.3. The van der Waals surface area contributed by atoms with Crippen LogP contribution in [0.25, 0.3) is 6.08 Å². The van der Waals surface area contributed by atoms with Crippen molar-refractivity contribution in [3.63, 3.8) is 0 Å². The van der Waals surface area contributed by atoms with Crippen molar-refractivity contribution >= 4 is 46.8 Å². The van der Waals surface area contributed by atoms with Crippen LogP contribution in [0.1, 0.15) is 37.7 Å². The summed E-state index contributed by atoms with van der Waals surface area (Å²) < 4.78 is 5.76. The van der Waals surface area contributed by atoms with Gasteiger partial charge in [0.15, 0.2) is 0 Å². The van der Waals surface area contributed by atoms with Crippen LogP contribution in [-0.4, -0.2) is 29.8 Å². The van der Waals surface area contributed by atoms with Crippen LogP contribution in [-0.2, 0) is 9.59 Å². The Bertz CT molecular complexity index is 887. The zero-order valence-corrected chi connectivity index (χ0v) is 17.3. The van der Waals surface area contributed by atoms with Gasteiger partial charge in [0.2, 0.25) is 11.8 Å². The number of furan rings is 1. The van der Waals surface area contributed by atoms with Crippen molar-refractivity contribution in [2.45, 2.75) is 26.2 Å². The van der Waals surface area contributed by atoms with E-state index in [1.807, 2.05) is 12.1 Å². The minimum atomic E-state index is -0.374. The van der Waals surface area contributed by atoms with Crippen LogP contribution in [0.15, 0.2) is 40.8 Å². The Labute approximate surface area is 174 Å². The molecule has 5 nitrogen and oxygen atoms in total. The number of halogens is 2. The second-order valence-corrected chi connectivity index (χ2v) is 7.70. The predicted molar refractivity (Wildman–Crippen MR) is 112 cm³/mol. The number of hydrogen-bond donors (Lipinski definition) is 1. The first kappa shape index (κ1) is 20.5. The number of carbonyl (C=O) groups is 2. The number of nitrogens with one attached hydrogen (secondary N) is 1. The highest BCUT2D eigenvalue weighted by molar-refractivity contribution is 6.39. The molecule has 148 valence electrons. The Balaban J connectivity index is 1.58. The lowest BCUT2D eigenvalue weighted by atomic mass is 10.3. The fourth-order valence-corrected chi connectivity index (χ4v) is 3.44. The predicted octanol–water partition coefficient (Wildman–Crippen LogP) is 5.21. The van der Waals surface area contributed by atoms with Gasteiger partial charge in [-0.3, -0.25) is 9.59 Å². The third-order valence-corrected chi connectivity index (χ3v) is 5.40. The molecule has 0 saturated heterocycles. The minimum absolute atomic E-state index is 0.107. The van der Waals surface area contributed by atoms with Crippen molar-refractivity contribution in [1.82, 2.24) is 4.90 Å². The van der Waals surface area contributed by atoms with Gasteiger partial charge in [-0.25, -0.2) is 0 Å². The Hall–Kier alpha value is -2.24. The van der Waals surface area contributed by atoms with Crippen molar-refractivity contribution < 1.29 is 14.0 Å². The van der Waals surface area contributed by atoms with E-state index in [0.717, 1.165) is 12.2 Å². The van der Waals surface area contributed by atoms with Gasteiger partial charge in [0.1, 0.15) is 18.1 Å². The quantitative estimate of drug-likeness (QED) is 0.625. The van der Waals surface area contributed by atoms with E-state index in [-0.39, 0.29) is 18.4 Å². The Morgan fingerprint density at radius 1 is 1.25 bits per heavy atom. The van der Waals surface area contributed by atoms with E-state index in [4.69, 9.17) is 27.6 Å². The van der Waals surface area contributed by atoms with Gasteiger partial charge < -0.3 is 14.6 Å². The molecular weight excluding hydrogens is 399 g/mol. The van der Waals surface area contributed by atoms with Crippen LogP contribution in [0.4, 0.5) is 5.69 Å². The number of benzene rings is 1. The zero-order valence-electron chi connectivity index (χ0n) is 15.7. The van der Waals surface area contributed by atoms with Crippen LogP contribution in [0.3, 0.4) is 0 Å². The topological polar surface area (TPSA) is 62.6 Å². The average molecular weight is 421 g/mol. The molecule has 1 heterocycles. The Morgan fingerprint density at radius 2 is 1.93 bits per heavy atom. The van der Waals surface area contributed by atoms with E-state index in [2.05, 4.69) is 12.2 Å². The SMILES string of the molecule is CCN(CC(=O)Nc1c(Cl)cccc1Cl)C(=O)/C=C/c1ccc(C2CC2C)o1. The van der Waals surface area contributed by atoms with E-state index >= 15 is 0 Å². The number of anilines is 1. The molecule has 7 heteroatoms. The van der Waals surface area contributed by atoms with E-state index in [1.165, 1.54) is 11.0 Å². The fraction of sp³-hybridized carbons (Fsp3) is 0.333. The first-order valence-electron chi connectivity index (χ1n) is 9.19. The molecule has 0 aliphatic heterocycles. The van der Waals surface area contributed by atoms with Gasteiger partial charge in [-0.1, -0.05) is 36.2 Å². The third-order valence-electron chi connectivity index (χ3n) is 4.77. The standard InChI is InChI=1S/C21H22Cl2N2O3/c1-3-25(12-19(26)24-21-16(22)5-4-6-17(21)23)20(27)10-8-14-7-9-18(28-14)15-11-13(15)2/h4-10,13,15H,3,11-12H2,1-2H3,(H,24,26)/b10-8+. The van der Waals surface area contributed by atoms with Crippen molar-refractivity contribution in [3.05, 3.63) is 58.0 Å². The monoisotopic (exact) mass is 420 g/mol. The molecule has 2 unspecified atom stereocenters. The largest absolute Gasteiger partial charge is 0.461 e. The van der Waals surface area contributed by atoms with Crippen molar-refractivity contribution in [3.8, 4) is 0 Å². The first-order chi connectivity index (χ1) is 13.4. The van der Waals surface area contributed by atoms with Gasteiger partial charge in [-0.05, 0) is 49.6 Å². The Morgan fingerprint density at radius 3 is 2.54 bits per heavy atom. The summed E-state index contributed by atoms with van der Waals surface area (Å²) >= 11 is 12.1. The molecule has 0 bridgehead atoms. The lowest BCUT2D eigenvalue weighted by Gasteiger charge is -2.19. The lowest BCUT2D eigenvalue weighted by molar-refractivity contribution is -0.130. The molecule has 2 amide bonds. The first-order valence-corrected chi connectivity index (χ1v) is 9.95. The molecule has 1 N–H and O–H groups in total. The van der Waals surface area contributed by atoms with Crippen molar-refractivity contribution in [2.75, 3.05) is 18.4 Å². The summed E-state index contributed by atoms with van der Waals surface area (Å²) in [6.45, 7) is 4.27. The smallest absolute Gasteiger partial charge is 0.247 e. The fourth-order valence-electron chi connectivity index (χ4n) is 2.95. The van der Waals surface area contributed by atoms with Gasteiger partial charge in [-0.15, -0.1) is 0 Å². The molecule has 3 rings (SSSR count). The highest BCUT2D eigenvalue weighted by Crippen LogP contribution is 2.47. The van der Waals surface area contributed by atoms with Crippen LogP contribution in [0.2, 0.25) is 10.0 Å². The zero-order chi connectivity index (χ0) is 20.3. The molecule has 1 aliphatic rings. The summed E-state index contributed by atoms with van der Waals surface area (Å²) in [5.74, 6) is 2.09. The maximum Gasteiger partial charge on any atom is 0.247 e. The molecule has 0 radical (unpaired) electrons. The molecule has 1 saturated carbocycles. The highest BCUT2D eigenvalue weighted by Gasteiger charge is 2.36. The number of nitrogens with zero attached hydrogens (tertiary/aromatic N) is 1. The van der Waals surface area contributed by atoms with Gasteiger partial charge >= 0.3 is 0 Å². The molecule has 1 aliphatic carbocycles. The number of amides is 2. The van der Waals surface area contributed by atoms with Gasteiger partial charge in [-0.2, -0.15) is 0 Å². The lowest BCUT2D eigenvalue weighted by Crippen LogP contribution is -2.37. The molecule has 0 spiro atoms. The second kappa shape index (κ2) is 8.84. The minimum Gasteiger partial charge on any atom is -0.461 e. The van der Waals surface area contributed by atoms with Crippen molar-refractivity contribution in [2.24, 2.45) is 5.92 Å². The van der Waals surface area contributed by atoms with Gasteiger partial charge in [0.05, 0.1) is 15.7 Å². The maximum absolute atomic E-state index is 12.4. The number of carbonyl (C=O) groups excluding carboxylic acids is 2. The van der Waals surface area contributed by atoms with E-state index in [9.17, 15) is 9.59 Å². The van der Waals surface area contributed by atoms with Crippen LogP contribution >= 0.6 is 23.2 Å². The summed E-state index contributed by atoms with van der Waals surface area (Å²) in [5.41, 5.74) is 0.340. The Kier molecular flexibility index (Phi) is 6.47. The number of para-hydroxylation sites is 1. The summed E-state index contributed by atoms with van der Waals surface area (Å²) in [7, 11) is 0. The second-order valence-electron chi connectivity index (χ2n) is 6.89. The molecule has 1 fully saturated rings. The number of hydrogen-bond acceptors (Lipinski definition) is 3. The molecule has 28 heavy (non-hydrogen) atoms. The van der Waals surface area contributed by atoms with E-state index in [0.29, 0.717) is 39.9 Å². The average Bonchev–Trinajstić information content (AvgIpc) is 3.21. The van der Waals surface area contributed by atoms with E-state index in [1.54, 1.807) is 31.2 Å². The number of rotatable bonds is 7. The third kappa shape index (κ3) is 4.97. The van der Waals surface area contributed by atoms with Gasteiger partial charge in [0, 0.05) is 18.5 Å².